The van der Waals surface area contributed by atoms with Crippen molar-refractivity contribution in [2.75, 3.05) is 32.9 Å². The van der Waals surface area contributed by atoms with E-state index in [1.807, 2.05) is 0 Å². The van der Waals surface area contributed by atoms with Crippen molar-refractivity contribution < 1.29 is 24.0 Å². The maximum atomic E-state index is 12.1. The number of benzene rings is 1. The maximum Gasteiger partial charge on any atom is 0.345 e. The van der Waals surface area contributed by atoms with E-state index in [1.165, 1.54) is 17.0 Å². The second-order valence-corrected chi connectivity index (χ2v) is 4.80. The van der Waals surface area contributed by atoms with Gasteiger partial charge in [0, 0.05) is 19.2 Å². The molecule has 1 saturated heterocycles. The minimum atomic E-state index is -0.869. The van der Waals surface area contributed by atoms with Crippen LogP contribution >= 0.6 is 0 Å². The summed E-state index contributed by atoms with van der Waals surface area (Å²) < 4.78 is 10.1. The smallest absolute Gasteiger partial charge is 0.345 e. The normalized spacial score (nSPS) is 14.5. The van der Waals surface area contributed by atoms with E-state index < -0.39 is 17.5 Å². The molecule has 22 heavy (non-hydrogen) atoms. The molecular formula is C14H16N2O6. The van der Waals surface area contributed by atoms with Gasteiger partial charge < -0.3 is 14.4 Å². The second kappa shape index (κ2) is 6.99. The lowest BCUT2D eigenvalue weighted by Crippen LogP contribution is -2.42. The Morgan fingerprint density at radius 2 is 2.05 bits per heavy atom. The first-order valence-electron chi connectivity index (χ1n) is 6.77. The fourth-order valence-corrected chi connectivity index (χ4v) is 2.17. The van der Waals surface area contributed by atoms with E-state index in [1.54, 1.807) is 13.0 Å². The third kappa shape index (κ3) is 3.59. The van der Waals surface area contributed by atoms with E-state index in [2.05, 4.69) is 0 Å². The highest BCUT2D eigenvalue weighted by Gasteiger charge is 2.25. The van der Waals surface area contributed by atoms with Gasteiger partial charge in [0.25, 0.3) is 11.6 Å². The molecule has 0 saturated carbocycles. The van der Waals surface area contributed by atoms with Crippen LogP contribution in [0.1, 0.15) is 15.9 Å². The lowest BCUT2D eigenvalue weighted by atomic mass is 10.1. The SMILES string of the molecule is Cc1cccc([N+](=O)[O-])c1C(=O)OCC(=O)N1CCOCC1. The zero-order chi connectivity index (χ0) is 16.1. The first-order chi connectivity index (χ1) is 10.5. The molecule has 0 spiro atoms. The molecule has 118 valence electrons. The van der Waals surface area contributed by atoms with Crippen molar-refractivity contribution in [3.05, 3.63) is 39.4 Å². The first kappa shape index (κ1) is 15.9. The quantitative estimate of drug-likeness (QED) is 0.466. The third-order valence-electron chi connectivity index (χ3n) is 3.34. The van der Waals surface area contributed by atoms with E-state index >= 15 is 0 Å². The van der Waals surface area contributed by atoms with Crippen LogP contribution < -0.4 is 0 Å². The van der Waals surface area contributed by atoms with Crippen LogP contribution in [0.4, 0.5) is 5.69 Å². The van der Waals surface area contributed by atoms with Crippen molar-refractivity contribution in [1.29, 1.82) is 0 Å². The molecule has 8 nitrogen and oxygen atoms in total. The van der Waals surface area contributed by atoms with Crippen LogP contribution in [0.15, 0.2) is 18.2 Å². The van der Waals surface area contributed by atoms with Gasteiger partial charge in [-0.15, -0.1) is 0 Å². The Hall–Kier alpha value is -2.48. The van der Waals surface area contributed by atoms with Crippen LogP contribution in [0.25, 0.3) is 0 Å². The molecule has 0 N–H and O–H groups in total. The fourth-order valence-electron chi connectivity index (χ4n) is 2.17. The molecule has 2 rings (SSSR count). The summed E-state index contributed by atoms with van der Waals surface area (Å²) in [4.78, 5) is 35.8. The van der Waals surface area contributed by atoms with Crippen LogP contribution in [-0.4, -0.2) is 54.6 Å². The second-order valence-electron chi connectivity index (χ2n) is 4.80. The molecule has 1 heterocycles. The van der Waals surface area contributed by atoms with Gasteiger partial charge in [0.2, 0.25) is 0 Å². The molecule has 0 aromatic heterocycles. The molecule has 0 radical (unpaired) electrons. The molecule has 1 amide bonds. The Labute approximate surface area is 126 Å². The molecule has 1 aliphatic rings. The van der Waals surface area contributed by atoms with E-state index in [-0.39, 0.29) is 17.2 Å². The number of nitro groups is 1. The molecule has 1 fully saturated rings. The average Bonchev–Trinajstić information content (AvgIpc) is 2.52. The Kier molecular flexibility index (Phi) is 5.05. The number of aryl methyl sites for hydroxylation is 1. The summed E-state index contributed by atoms with van der Waals surface area (Å²) in [7, 11) is 0. The summed E-state index contributed by atoms with van der Waals surface area (Å²) in [6.07, 6.45) is 0. The molecule has 1 aromatic carbocycles. The highest BCUT2D eigenvalue weighted by Crippen LogP contribution is 2.22. The highest BCUT2D eigenvalue weighted by atomic mass is 16.6. The fraction of sp³-hybridized carbons (Fsp3) is 0.429. The van der Waals surface area contributed by atoms with Crippen molar-refractivity contribution in [2.45, 2.75) is 6.92 Å². The summed E-state index contributed by atoms with van der Waals surface area (Å²) in [5, 5.41) is 11.0. The number of hydrogen-bond donors (Lipinski definition) is 0. The molecule has 0 aliphatic carbocycles. The van der Waals surface area contributed by atoms with Crippen molar-refractivity contribution in [3.63, 3.8) is 0 Å². The van der Waals surface area contributed by atoms with Crippen molar-refractivity contribution in [2.24, 2.45) is 0 Å². The summed E-state index contributed by atoms with van der Waals surface area (Å²) in [6, 6.07) is 4.30. The van der Waals surface area contributed by atoms with Gasteiger partial charge in [0.15, 0.2) is 6.61 Å². The van der Waals surface area contributed by atoms with E-state index in [0.29, 0.717) is 31.9 Å². The Balaban J connectivity index is 2.03. The van der Waals surface area contributed by atoms with Gasteiger partial charge in [-0.3, -0.25) is 14.9 Å². The number of amides is 1. The zero-order valence-corrected chi connectivity index (χ0v) is 12.1. The van der Waals surface area contributed by atoms with Gasteiger partial charge in [0.1, 0.15) is 5.56 Å². The molecule has 8 heteroatoms. The standard InChI is InChI=1S/C14H16N2O6/c1-10-3-2-4-11(16(19)20)13(10)14(18)22-9-12(17)15-5-7-21-8-6-15/h2-4H,5-9H2,1H3. The van der Waals surface area contributed by atoms with Gasteiger partial charge in [-0.2, -0.15) is 0 Å². The molecule has 0 atom stereocenters. The van der Waals surface area contributed by atoms with Crippen LogP contribution in [0.3, 0.4) is 0 Å². The third-order valence-corrected chi connectivity index (χ3v) is 3.34. The topological polar surface area (TPSA) is 99.0 Å². The number of carbonyl (C=O) groups is 2. The summed E-state index contributed by atoms with van der Waals surface area (Å²) in [6.45, 7) is 2.92. The predicted octanol–water partition coefficient (Wildman–Crippen LogP) is 0.919. The Bertz CT molecular complexity index is 595. The average molecular weight is 308 g/mol. The van der Waals surface area contributed by atoms with Crippen LogP contribution in [0.5, 0.6) is 0 Å². The summed E-state index contributed by atoms with van der Waals surface area (Å²) >= 11 is 0. The number of morpholine rings is 1. The number of ether oxygens (including phenoxy) is 2. The summed E-state index contributed by atoms with van der Waals surface area (Å²) in [5.41, 5.74) is -0.0240. The molecule has 0 bridgehead atoms. The first-order valence-corrected chi connectivity index (χ1v) is 6.77. The maximum absolute atomic E-state index is 12.1. The minimum Gasteiger partial charge on any atom is -0.452 e. The summed E-state index contributed by atoms with van der Waals surface area (Å²) in [5.74, 6) is -1.21. The number of carbonyl (C=O) groups excluding carboxylic acids is 2. The van der Waals surface area contributed by atoms with E-state index in [4.69, 9.17) is 9.47 Å². The Morgan fingerprint density at radius 1 is 1.36 bits per heavy atom. The van der Waals surface area contributed by atoms with E-state index in [9.17, 15) is 19.7 Å². The van der Waals surface area contributed by atoms with Crippen molar-refractivity contribution in [3.8, 4) is 0 Å². The number of rotatable bonds is 4. The zero-order valence-electron chi connectivity index (χ0n) is 12.1. The largest absolute Gasteiger partial charge is 0.452 e. The molecule has 1 aromatic rings. The van der Waals surface area contributed by atoms with Crippen LogP contribution in [0.2, 0.25) is 0 Å². The number of nitrogens with zero attached hydrogens (tertiary/aromatic N) is 2. The van der Waals surface area contributed by atoms with Gasteiger partial charge in [-0.25, -0.2) is 4.79 Å². The van der Waals surface area contributed by atoms with Crippen LogP contribution in [-0.2, 0) is 14.3 Å². The minimum absolute atomic E-state index is 0.123. The van der Waals surface area contributed by atoms with Gasteiger partial charge in [-0.1, -0.05) is 12.1 Å². The lowest BCUT2D eigenvalue weighted by molar-refractivity contribution is -0.385. The number of nitro benzene ring substituents is 1. The molecular weight excluding hydrogens is 292 g/mol. The van der Waals surface area contributed by atoms with E-state index in [0.717, 1.165) is 0 Å². The van der Waals surface area contributed by atoms with Crippen molar-refractivity contribution in [1.82, 2.24) is 4.90 Å². The monoisotopic (exact) mass is 308 g/mol. The molecule has 0 unspecified atom stereocenters. The number of esters is 1. The number of hydrogen-bond acceptors (Lipinski definition) is 6. The predicted molar refractivity (Wildman–Crippen MR) is 75.5 cm³/mol. The lowest BCUT2D eigenvalue weighted by Gasteiger charge is -2.26. The molecule has 1 aliphatic heterocycles. The van der Waals surface area contributed by atoms with Crippen molar-refractivity contribution >= 4 is 17.6 Å². The highest BCUT2D eigenvalue weighted by molar-refractivity contribution is 5.96. The van der Waals surface area contributed by atoms with Gasteiger partial charge in [-0.05, 0) is 12.5 Å². The van der Waals surface area contributed by atoms with Crippen LogP contribution in [0, 0.1) is 17.0 Å². The van der Waals surface area contributed by atoms with Gasteiger partial charge in [0.05, 0.1) is 18.1 Å². The Morgan fingerprint density at radius 3 is 2.68 bits per heavy atom. The van der Waals surface area contributed by atoms with Gasteiger partial charge >= 0.3 is 5.97 Å².